The van der Waals surface area contributed by atoms with Gasteiger partial charge >= 0.3 is 12.2 Å². The van der Waals surface area contributed by atoms with E-state index in [1.54, 1.807) is 23.7 Å². The molecule has 0 spiro atoms. The Labute approximate surface area is 408 Å². The van der Waals surface area contributed by atoms with Crippen molar-refractivity contribution in [3.05, 3.63) is 88.1 Å². The number of carbonyl (C=O) groups is 4. The van der Waals surface area contributed by atoms with Gasteiger partial charge in [0.05, 0.1) is 71.7 Å². The molecule has 366 valence electrons. The van der Waals surface area contributed by atoms with Crippen LogP contribution in [0.5, 0.6) is 5.75 Å². The minimum atomic E-state index is -0.763. The van der Waals surface area contributed by atoms with Crippen LogP contribution in [0.3, 0.4) is 0 Å². The molecule has 18 heteroatoms. The van der Waals surface area contributed by atoms with Crippen LogP contribution in [-0.2, 0) is 25.5 Å². The number of hydrogen-bond acceptors (Lipinski definition) is 10. The van der Waals surface area contributed by atoms with E-state index in [2.05, 4.69) is 50.3 Å². The summed E-state index contributed by atoms with van der Waals surface area (Å²) in [7, 11) is 2.58. The van der Waals surface area contributed by atoms with Crippen LogP contribution in [0.15, 0.2) is 60.9 Å². The standard InChI is InChI=1S/C52H58FN9O7S/c1-8-31-11-14-42(70-31)50-62-36-12-9-26(33-22-54-47(56-33)40-20-30-18-37(30)61(40)49(64)45(25(4)5)59-52(66)68-7)15-29(36)19-38(62)43-32(53)16-28(21-41(43)69-50)34-23-55-46(57-34)39-17-27-10-13-35(27)60(39)48(63)44(24(2)3)58-51(65)67-6/h9,11-12,14-16,19,21-25,27,30,35,37,39-40,44-45,50H,8,10,13,17-18,20H2,1-7H3,(H,54,56)(H,55,57)(H,58,65)(H,59,66). The molecule has 0 bridgehead atoms. The Bertz CT molecular complexity index is 3050. The third-order valence-electron chi connectivity index (χ3n) is 15.3. The number of fused-ring (bicyclic) bond motifs is 7. The van der Waals surface area contributed by atoms with Crippen LogP contribution < -0.4 is 15.4 Å². The third-order valence-corrected chi connectivity index (χ3v) is 16.6. The van der Waals surface area contributed by atoms with E-state index in [-0.39, 0.29) is 47.8 Å². The van der Waals surface area contributed by atoms with Crippen LogP contribution in [0.2, 0.25) is 0 Å². The first-order valence-electron chi connectivity index (χ1n) is 24.4. The van der Waals surface area contributed by atoms with Crippen LogP contribution in [0.4, 0.5) is 14.0 Å². The number of piperidine rings is 1. The number of imidazole rings is 2. The molecule has 4 fully saturated rings. The van der Waals surface area contributed by atoms with Crippen LogP contribution in [0.1, 0.15) is 106 Å². The minimum Gasteiger partial charge on any atom is -0.464 e. The maximum absolute atomic E-state index is 17.0. The topological polar surface area (TPSA) is 189 Å². The van der Waals surface area contributed by atoms with Gasteiger partial charge in [-0.05, 0) is 105 Å². The highest BCUT2D eigenvalue weighted by atomic mass is 32.1. The number of hydrogen-bond donors (Lipinski definition) is 4. The zero-order chi connectivity index (χ0) is 48.9. The summed E-state index contributed by atoms with van der Waals surface area (Å²) < 4.78 is 35.7. The normalized spacial score (nSPS) is 23.8. The second-order valence-electron chi connectivity index (χ2n) is 20.2. The minimum absolute atomic E-state index is 0.0518. The number of amides is 4. The van der Waals surface area contributed by atoms with E-state index < -0.39 is 36.3 Å². The number of thiophene rings is 1. The summed E-state index contributed by atoms with van der Waals surface area (Å²) in [6, 6.07) is 13.8. The Morgan fingerprint density at radius 3 is 2.00 bits per heavy atom. The van der Waals surface area contributed by atoms with Crippen molar-refractivity contribution in [1.82, 2.24) is 44.9 Å². The molecule has 7 heterocycles. The summed E-state index contributed by atoms with van der Waals surface area (Å²) in [6.07, 6.45) is 6.83. The number of rotatable bonds is 12. The number of ether oxygens (including phenoxy) is 3. The van der Waals surface area contributed by atoms with Crippen molar-refractivity contribution < 1.29 is 37.8 Å². The Morgan fingerprint density at radius 1 is 0.786 bits per heavy atom. The van der Waals surface area contributed by atoms with Gasteiger partial charge in [0.1, 0.15) is 35.3 Å². The van der Waals surface area contributed by atoms with E-state index in [1.165, 1.54) is 25.2 Å². The molecule has 9 unspecified atom stereocenters. The summed E-state index contributed by atoms with van der Waals surface area (Å²) >= 11 is 1.67. The van der Waals surface area contributed by atoms with Gasteiger partial charge < -0.3 is 44.6 Å². The van der Waals surface area contributed by atoms with Crippen LogP contribution in [-0.4, -0.2) is 96.7 Å². The molecule has 2 saturated carbocycles. The van der Waals surface area contributed by atoms with Crippen LogP contribution in [0, 0.1) is 29.5 Å². The van der Waals surface area contributed by atoms with Crippen molar-refractivity contribution in [2.24, 2.45) is 23.7 Å². The lowest BCUT2D eigenvalue weighted by molar-refractivity contribution is -0.139. The van der Waals surface area contributed by atoms with Gasteiger partial charge in [-0.3, -0.25) is 14.2 Å². The maximum Gasteiger partial charge on any atom is 0.407 e. The first-order chi connectivity index (χ1) is 33.7. The van der Waals surface area contributed by atoms with Gasteiger partial charge in [-0.2, -0.15) is 0 Å². The van der Waals surface area contributed by atoms with E-state index in [1.807, 2.05) is 61.8 Å². The molecule has 2 aliphatic carbocycles. The SMILES string of the molecule is CCc1ccc(C2Oc3cc(-c4cnc(C5CC6CCC6N5C(=O)C(NC(=O)OC)C(C)C)[nH]4)cc(F)c3-c3cc4cc(-c5cnc(C6CC7CC7N6C(=O)C(NC(=O)OC)C(C)C)[nH]5)ccc4n32)s1. The quantitative estimate of drug-likeness (QED) is 0.0927. The smallest absolute Gasteiger partial charge is 0.407 e. The zero-order valence-corrected chi connectivity index (χ0v) is 41.1. The maximum atomic E-state index is 17.0. The van der Waals surface area contributed by atoms with E-state index in [9.17, 15) is 19.2 Å². The van der Waals surface area contributed by atoms with Gasteiger partial charge in [0.15, 0.2) is 0 Å². The van der Waals surface area contributed by atoms with E-state index in [0.29, 0.717) is 51.7 Å². The number of aromatic nitrogens is 5. The second-order valence-corrected chi connectivity index (χ2v) is 21.4. The van der Waals surface area contributed by atoms with Crippen molar-refractivity contribution in [1.29, 1.82) is 0 Å². The lowest BCUT2D eigenvalue weighted by Crippen LogP contribution is -2.54. The molecule has 5 aliphatic rings. The summed E-state index contributed by atoms with van der Waals surface area (Å²) in [6.45, 7) is 9.73. The first-order valence-corrected chi connectivity index (χ1v) is 25.2. The van der Waals surface area contributed by atoms with Gasteiger partial charge in [-0.15, -0.1) is 11.3 Å². The van der Waals surface area contributed by atoms with Crippen molar-refractivity contribution in [3.8, 4) is 39.5 Å². The number of aryl methyl sites for hydroxylation is 1. The highest BCUT2D eigenvalue weighted by Crippen LogP contribution is 2.54. The number of halogens is 1. The molecule has 6 aromatic rings. The number of nitrogens with one attached hydrogen (secondary N) is 4. The van der Waals surface area contributed by atoms with E-state index in [0.717, 1.165) is 65.6 Å². The van der Waals surface area contributed by atoms with Crippen molar-refractivity contribution in [2.45, 2.75) is 116 Å². The van der Waals surface area contributed by atoms with Crippen molar-refractivity contribution in [2.75, 3.05) is 14.2 Å². The lowest BCUT2D eigenvalue weighted by Gasteiger charge is -2.39. The van der Waals surface area contributed by atoms with Gasteiger partial charge in [0.2, 0.25) is 18.0 Å². The molecule has 16 nitrogen and oxygen atoms in total. The first kappa shape index (κ1) is 45.7. The Hall–Kier alpha value is -6.69. The van der Waals surface area contributed by atoms with Gasteiger partial charge in [-0.25, -0.2) is 23.9 Å². The van der Waals surface area contributed by atoms with E-state index in [4.69, 9.17) is 24.2 Å². The number of methoxy groups -OCH3 is 2. The summed E-state index contributed by atoms with van der Waals surface area (Å²) in [4.78, 5) is 75.3. The average molecular weight is 972 g/mol. The highest BCUT2D eigenvalue weighted by Gasteiger charge is 2.56. The number of carbonyl (C=O) groups excluding carboxylic acids is 4. The molecule has 70 heavy (non-hydrogen) atoms. The van der Waals surface area contributed by atoms with Crippen molar-refractivity contribution in [3.63, 3.8) is 0 Å². The predicted octanol–water partition coefficient (Wildman–Crippen LogP) is 9.27. The molecule has 9 atom stereocenters. The zero-order valence-electron chi connectivity index (χ0n) is 40.2. The Kier molecular flexibility index (Phi) is 11.5. The van der Waals surface area contributed by atoms with Gasteiger partial charge in [0.25, 0.3) is 0 Å². The molecular weight excluding hydrogens is 914 g/mol. The Balaban J connectivity index is 0.910. The van der Waals surface area contributed by atoms with Crippen molar-refractivity contribution >= 4 is 46.2 Å². The third kappa shape index (κ3) is 7.69. The molecule has 11 rings (SSSR count). The monoisotopic (exact) mass is 971 g/mol. The highest BCUT2D eigenvalue weighted by molar-refractivity contribution is 7.12. The predicted molar refractivity (Wildman–Crippen MR) is 260 cm³/mol. The molecule has 4 aromatic heterocycles. The summed E-state index contributed by atoms with van der Waals surface area (Å²) in [5.41, 5.74) is 4.72. The fourth-order valence-electron chi connectivity index (χ4n) is 11.4. The largest absolute Gasteiger partial charge is 0.464 e. The van der Waals surface area contributed by atoms with Gasteiger partial charge in [-0.1, -0.05) is 40.7 Å². The van der Waals surface area contributed by atoms with E-state index >= 15 is 4.39 Å². The molecule has 0 radical (unpaired) electrons. The molecule has 4 amide bonds. The number of H-pyrrole nitrogens is 2. The summed E-state index contributed by atoms with van der Waals surface area (Å²) in [5.74, 6) is 1.34. The Morgan fingerprint density at radius 2 is 1.41 bits per heavy atom. The van der Waals surface area contributed by atoms with Crippen LogP contribution in [0.25, 0.3) is 44.7 Å². The second kappa shape index (κ2) is 17.6. The fourth-order valence-corrected chi connectivity index (χ4v) is 12.4. The molecule has 2 saturated heterocycles. The molecule has 2 aromatic carbocycles. The number of likely N-dealkylation sites (tertiary alicyclic amines) is 2. The number of alkyl carbamates (subject to hydrolysis) is 2. The molecule has 3 aliphatic heterocycles. The number of benzene rings is 2. The number of nitrogens with zero attached hydrogens (tertiary/aromatic N) is 5. The van der Waals surface area contributed by atoms with Crippen LogP contribution >= 0.6 is 11.3 Å². The summed E-state index contributed by atoms with van der Waals surface area (Å²) in [5, 5.41) is 6.38. The molecule has 4 N–H and O–H groups in total. The van der Waals surface area contributed by atoms with Gasteiger partial charge in [0, 0.05) is 33.5 Å². The fraction of sp³-hybridized carbons (Fsp3) is 0.462. The average Bonchev–Trinajstić information content (AvgIpc) is 4.06. The number of aromatic amines is 2. The molecular formula is C52H58FN9O7S. The lowest BCUT2D eigenvalue weighted by atomic mass is 9.80.